The molecule has 0 aromatic carbocycles. The van der Waals surface area contributed by atoms with Gasteiger partial charge in [-0.1, -0.05) is 12.1 Å². The molecule has 1 aromatic heterocycles. The quantitative estimate of drug-likeness (QED) is 0.652. The molecule has 0 radical (unpaired) electrons. The van der Waals surface area contributed by atoms with Gasteiger partial charge in [-0.15, -0.1) is 5.10 Å². The third-order valence-electron chi connectivity index (χ3n) is 4.88. The van der Waals surface area contributed by atoms with Crippen LogP contribution in [0.2, 0.25) is 0 Å². The molecule has 2 amide bonds. The van der Waals surface area contributed by atoms with Crippen molar-refractivity contribution in [1.29, 1.82) is 0 Å². The van der Waals surface area contributed by atoms with Crippen LogP contribution in [0, 0.1) is 0 Å². The van der Waals surface area contributed by atoms with E-state index < -0.39 is 0 Å². The number of urea groups is 1. The van der Waals surface area contributed by atoms with Crippen LogP contribution in [0.5, 0.6) is 0 Å². The maximum Gasteiger partial charge on any atom is 0.315 e. The Morgan fingerprint density at radius 1 is 1.40 bits per heavy atom. The number of carbonyl (C=O) groups is 1. The summed E-state index contributed by atoms with van der Waals surface area (Å²) in [5, 5.41) is 23.7. The maximum atomic E-state index is 11.8. The Balaban J connectivity index is 1.43. The number of rotatable bonds is 8. The SMILES string of the molecule is CCCNC(=O)N[C@@H]1CC[C@@H](CCn2cc(C3CC3)nn2)O[C@@H]1CO. The van der Waals surface area contributed by atoms with Crippen molar-refractivity contribution < 1.29 is 14.6 Å². The Labute approximate surface area is 148 Å². The summed E-state index contributed by atoms with van der Waals surface area (Å²) in [6, 6.07) is -0.339. The smallest absolute Gasteiger partial charge is 0.315 e. The number of aromatic nitrogens is 3. The molecule has 1 saturated carbocycles. The fraction of sp³-hybridized carbons (Fsp3) is 0.824. The summed E-state index contributed by atoms with van der Waals surface area (Å²) in [5.74, 6) is 0.615. The zero-order valence-electron chi connectivity index (χ0n) is 14.9. The second kappa shape index (κ2) is 8.62. The molecule has 2 aliphatic rings. The van der Waals surface area contributed by atoms with Gasteiger partial charge in [-0.3, -0.25) is 4.68 Å². The van der Waals surface area contributed by atoms with E-state index in [1.165, 1.54) is 12.8 Å². The molecule has 3 rings (SSSR count). The number of nitrogens with zero attached hydrogens (tertiary/aromatic N) is 3. The van der Waals surface area contributed by atoms with E-state index in [4.69, 9.17) is 4.74 Å². The summed E-state index contributed by atoms with van der Waals surface area (Å²) in [7, 11) is 0. The number of nitrogens with one attached hydrogen (secondary N) is 2. The number of carbonyl (C=O) groups excluding carboxylic acids is 1. The summed E-state index contributed by atoms with van der Waals surface area (Å²) >= 11 is 0. The van der Waals surface area contributed by atoms with Gasteiger partial charge in [0.2, 0.25) is 0 Å². The Morgan fingerprint density at radius 3 is 2.96 bits per heavy atom. The molecular weight excluding hydrogens is 322 g/mol. The van der Waals surface area contributed by atoms with Gasteiger partial charge in [0.05, 0.1) is 24.4 Å². The first-order chi connectivity index (χ1) is 12.2. The van der Waals surface area contributed by atoms with Gasteiger partial charge in [0.1, 0.15) is 6.10 Å². The van der Waals surface area contributed by atoms with Gasteiger partial charge in [-0.05, 0) is 38.5 Å². The lowest BCUT2D eigenvalue weighted by atomic mass is 9.97. The fourth-order valence-electron chi connectivity index (χ4n) is 3.23. The van der Waals surface area contributed by atoms with E-state index in [1.807, 2.05) is 17.8 Å². The fourth-order valence-corrected chi connectivity index (χ4v) is 3.23. The van der Waals surface area contributed by atoms with Gasteiger partial charge in [-0.25, -0.2) is 4.79 Å². The van der Waals surface area contributed by atoms with Gasteiger partial charge in [0.25, 0.3) is 0 Å². The molecule has 25 heavy (non-hydrogen) atoms. The van der Waals surface area contributed by atoms with E-state index >= 15 is 0 Å². The molecule has 8 nitrogen and oxygen atoms in total. The van der Waals surface area contributed by atoms with E-state index in [0.717, 1.165) is 37.9 Å². The predicted octanol–water partition coefficient (Wildman–Crippen LogP) is 1.16. The monoisotopic (exact) mass is 351 g/mol. The lowest BCUT2D eigenvalue weighted by Gasteiger charge is -2.36. The van der Waals surface area contributed by atoms with Crippen LogP contribution in [0.1, 0.15) is 57.1 Å². The van der Waals surface area contributed by atoms with Crippen molar-refractivity contribution in [1.82, 2.24) is 25.6 Å². The highest BCUT2D eigenvalue weighted by Crippen LogP contribution is 2.38. The van der Waals surface area contributed by atoms with Crippen molar-refractivity contribution in [2.24, 2.45) is 0 Å². The molecule has 2 heterocycles. The highest BCUT2D eigenvalue weighted by molar-refractivity contribution is 5.74. The zero-order valence-corrected chi connectivity index (χ0v) is 14.9. The van der Waals surface area contributed by atoms with Crippen LogP contribution in [-0.2, 0) is 11.3 Å². The van der Waals surface area contributed by atoms with Crippen LogP contribution in [0.15, 0.2) is 6.20 Å². The molecule has 140 valence electrons. The Bertz CT molecular complexity index is 560. The number of hydrogen-bond donors (Lipinski definition) is 3. The number of ether oxygens (including phenoxy) is 1. The lowest BCUT2D eigenvalue weighted by molar-refractivity contribution is -0.0907. The standard InChI is InChI=1S/C17H29N5O3/c1-2-8-18-17(24)19-14-6-5-13(25-16(14)11-23)7-9-22-10-15(20-21-22)12-3-4-12/h10,12-14,16,23H,2-9,11H2,1H3,(H2,18,19,24)/t13-,14+,16+/m0/s1. The normalized spacial score (nSPS) is 26.4. The number of aliphatic hydroxyl groups excluding tert-OH is 1. The van der Waals surface area contributed by atoms with Gasteiger partial charge in [0, 0.05) is 25.2 Å². The third kappa shape index (κ3) is 5.15. The van der Waals surface area contributed by atoms with Crippen molar-refractivity contribution in [3.05, 3.63) is 11.9 Å². The molecule has 0 unspecified atom stereocenters. The molecule has 1 aliphatic heterocycles. The molecule has 1 aliphatic carbocycles. The molecule has 0 bridgehead atoms. The van der Waals surface area contributed by atoms with Crippen molar-refractivity contribution >= 4 is 6.03 Å². The van der Waals surface area contributed by atoms with E-state index in [9.17, 15) is 9.90 Å². The minimum Gasteiger partial charge on any atom is -0.394 e. The van der Waals surface area contributed by atoms with Crippen molar-refractivity contribution in [3.8, 4) is 0 Å². The first-order valence-electron chi connectivity index (χ1n) is 9.40. The van der Waals surface area contributed by atoms with Crippen LogP contribution < -0.4 is 10.6 Å². The topological polar surface area (TPSA) is 101 Å². The molecule has 1 aromatic rings. The number of aliphatic hydroxyl groups is 1. The van der Waals surface area contributed by atoms with E-state index in [0.29, 0.717) is 12.5 Å². The highest BCUT2D eigenvalue weighted by atomic mass is 16.5. The molecule has 8 heteroatoms. The minimum atomic E-state index is -0.358. The van der Waals surface area contributed by atoms with Crippen molar-refractivity contribution in [3.63, 3.8) is 0 Å². The first-order valence-corrected chi connectivity index (χ1v) is 9.40. The summed E-state index contributed by atoms with van der Waals surface area (Å²) < 4.78 is 7.87. The van der Waals surface area contributed by atoms with Crippen LogP contribution >= 0.6 is 0 Å². The second-order valence-electron chi connectivity index (χ2n) is 7.03. The van der Waals surface area contributed by atoms with Crippen molar-refractivity contribution in [2.75, 3.05) is 13.2 Å². The number of amides is 2. The van der Waals surface area contributed by atoms with Crippen LogP contribution in [0.3, 0.4) is 0 Å². The van der Waals surface area contributed by atoms with Gasteiger partial charge in [0.15, 0.2) is 0 Å². The summed E-state index contributed by atoms with van der Waals surface area (Å²) in [6.07, 6.45) is 7.59. The largest absolute Gasteiger partial charge is 0.394 e. The van der Waals surface area contributed by atoms with Crippen molar-refractivity contribution in [2.45, 2.75) is 76.2 Å². The summed E-state index contributed by atoms with van der Waals surface area (Å²) in [4.78, 5) is 11.8. The van der Waals surface area contributed by atoms with Crippen LogP contribution in [0.4, 0.5) is 4.79 Å². The highest BCUT2D eigenvalue weighted by Gasteiger charge is 2.32. The minimum absolute atomic E-state index is 0.0717. The number of hydrogen-bond acceptors (Lipinski definition) is 5. The van der Waals surface area contributed by atoms with Gasteiger partial charge in [-0.2, -0.15) is 0 Å². The Kier molecular flexibility index (Phi) is 6.25. The Morgan fingerprint density at radius 2 is 2.24 bits per heavy atom. The molecule has 2 fully saturated rings. The third-order valence-corrected chi connectivity index (χ3v) is 4.88. The average molecular weight is 351 g/mol. The van der Waals surface area contributed by atoms with E-state index in [-0.39, 0.29) is 30.9 Å². The van der Waals surface area contributed by atoms with Gasteiger partial charge < -0.3 is 20.5 Å². The first kappa shape index (κ1) is 18.1. The van der Waals surface area contributed by atoms with E-state index in [2.05, 4.69) is 20.9 Å². The molecule has 3 atom stereocenters. The molecule has 0 spiro atoms. The second-order valence-corrected chi connectivity index (χ2v) is 7.03. The lowest BCUT2D eigenvalue weighted by Crippen LogP contribution is -2.53. The average Bonchev–Trinajstić information content (AvgIpc) is 3.37. The molecule has 3 N–H and O–H groups in total. The summed E-state index contributed by atoms with van der Waals surface area (Å²) in [6.45, 7) is 3.32. The molecule has 1 saturated heterocycles. The Hall–Kier alpha value is -1.67. The number of aryl methyl sites for hydroxylation is 1. The van der Waals surface area contributed by atoms with E-state index in [1.54, 1.807) is 0 Å². The molecular formula is C17H29N5O3. The van der Waals surface area contributed by atoms with Gasteiger partial charge >= 0.3 is 6.03 Å². The zero-order chi connectivity index (χ0) is 17.6. The summed E-state index contributed by atoms with van der Waals surface area (Å²) in [5.41, 5.74) is 1.10. The van der Waals surface area contributed by atoms with Crippen LogP contribution in [-0.4, -0.2) is 57.5 Å². The predicted molar refractivity (Wildman–Crippen MR) is 92.2 cm³/mol. The van der Waals surface area contributed by atoms with Crippen LogP contribution in [0.25, 0.3) is 0 Å². The maximum absolute atomic E-state index is 11.8.